The lowest BCUT2D eigenvalue weighted by Crippen LogP contribution is -2.36. The average Bonchev–Trinajstić information content (AvgIpc) is 2.89. The predicted molar refractivity (Wildman–Crippen MR) is 82.1 cm³/mol. The van der Waals surface area contributed by atoms with Gasteiger partial charge in [-0.3, -0.25) is 9.48 Å². The number of carbonyl (C=O) groups is 1. The van der Waals surface area contributed by atoms with Gasteiger partial charge in [-0.1, -0.05) is 18.2 Å². The number of hydrogen-bond acceptors (Lipinski definition) is 2. The minimum absolute atomic E-state index is 0.0435. The molecule has 1 atom stereocenters. The SMILES string of the molecule is Cc1c(Br)c(C(=O)N2c3ccccc3CC2C)nn1C. The fourth-order valence-corrected chi connectivity index (χ4v) is 3.21. The van der Waals surface area contributed by atoms with Crippen molar-refractivity contribution >= 4 is 27.5 Å². The fourth-order valence-electron chi connectivity index (χ4n) is 2.71. The average molecular weight is 334 g/mol. The van der Waals surface area contributed by atoms with Gasteiger partial charge in [0.2, 0.25) is 0 Å². The van der Waals surface area contributed by atoms with Crippen molar-refractivity contribution < 1.29 is 4.79 Å². The molecule has 0 bridgehead atoms. The van der Waals surface area contributed by atoms with Crippen molar-refractivity contribution in [3.05, 3.63) is 45.7 Å². The third-order valence-electron chi connectivity index (χ3n) is 3.89. The summed E-state index contributed by atoms with van der Waals surface area (Å²) in [6.07, 6.45) is 0.894. The topological polar surface area (TPSA) is 38.1 Å². The Morgan fingerprint density at radius 1 is 1.40 bits per heavy atom. The number of aryl methyl sites for hydroxylation is 1. The maximum Gasteiger partial charge on any atom is 0.280 e. The Balaban J connectivity index is 2.05. The number of nitrogens with zero attached hydrogens (tertiary/aromatic N) is 3. The number of amides is 1. The molecule has 0 N–H and O–H groups in total. The normalized spacial score (nSPS) is 17.4. The van der Waals surface area contributed by atoms with Crippen LogP contribution in [0.1, 0.15) is 28.7 Å². The molecule has 1 unspecified atom stereocenters. The molecule has 1 aliphatic heterocycles. The van der Waals surface area contributed by atoms with Crippen LogP contribution < -0.4 is 4.90 Å². The van der Waals surface area contributed by atoms with Gasteiger partial charge in [0, 0.05) is 18.8 Å². The predicted octanol–water partition coefficient (Wildman–Crippen LogP) is 3.08. The molecule has 3 rings (SSSR count). The van der Waals surface area contributed by atoms with Crippen molar-refractivity contribution in [3.63, 3.8) is 0 Å². The Morgan fingerprint density at radius 2 is 2.10 bits per heavy atom. The van der Waals surface area contributed by atoms with E-state index in [-0.39, 0.29) is 11.9 Å². The molecule has 20 heavy (non-hydrogen) atoms. The number of benzene rings is 1. The zero-order valence-corrected chi connectivity index (χ0v) is 13.3. The Labute approximate surface area is 126 Å². The number of para-hydroxylation sites is 1. The van der Waals surface area contributed by atoms with E-state index in [4.69, 9.17) is 0 Å². The lowest BCUT2D eigenvalue weighted by atomic mass is 10.1. The van der Waals surface area contributed by atoms with Crippen LogP contribution in [0, 0.1) is 6.92 Å². The molecule has 1 aromatic carbocycles. The summed E-state index contributed by atoms with van der Waals surface area (Å²) in [5.41, 5.74) is 3.65. The van der Waals surface area contributed by atoms with Crippen LogP contribution in [-0.4, -0.2) is 21.7 Å². The quantitative estimate of drug-likeness (QED) is 0.804. The maximum atomic E-state index is 12.8. The monoisotopic (exact) mass is 333 g/mol. The Bertz CT molecular complexity index is 692. The molecule has 2 aromatic rings. The molecule has 1 amide bonds. The Kier molecular flexibility index (Phi) is 3.17. The third kappa shape index (κ3) is 1.88. The first-order valence-corrected chi connectivity index (χ1v) is 7.40. The maximum absolute atomic E-state index is 12.8. The first-order valence-electron chi connectivity index (χ1n) is 6.61. The van der Waals surface area contributed by atoms with Gasteiger partial charge < -0.3 is 4.90 Å². The second-order valence-corrected chi connectivity index (χ2v) is 6.02. The molecule has 0 radical (unpaired) electrons. The van der Waals surface area contributed by atoms with E-state index in [0.717, 1.165) is 22.3 Å². The van der Waals surface area contributed by atoms with Crippen LogP contribution in [0.2, 0.25) is 0 Å². The van der Waals surface area contributed by atoms with E-state index >= 15 is 0 Å². The lowest BCUT2D eigenvalue weighted by Gasteiger charge is -2.21. The standard InChI is InChI=1S/C15H16BrN3O/c1-9-8-11-6-4-5-7-12(11)19(9)15(20)14-13(16)10(2)18(3)17-14/h4-7,9H,8H2,1-3H3. The fraction of sp³-hybridized carbons (Fsp3) is 0.333. The van der Waals surface area contributed by atoms with Crippen LogP contribution in [0.4, 0.5) is 5.69 Å². The van der Waals surface area contributed by atoms with Crippen molar-refractivity contribution in [1.82, 2.24) is 9.78 Å². The van der Waals surface area contributed by atoms with Crippen LogP contribution in [0.15, 0.2) is 28.7 Å². The highest BCUT2D eigenvalue weighted by Crippen LogP contribution is 2.34. The molecule has 4 nitrogen and oxygen atoms in total. The highest BCUT2D eigenvalue weighted by atomic mass is 79.9. The number of hydrogen-bond donors (Lipinski definition) is 0. The minimum Gasteiger partial charge on any atom is -0.304 e. The molecule has 1 aromatic heterocycles. The Morgan fingerprint density at radius 3 is 2.75 bits per heavy atom. The van der Waals surface area contributed by atoms with E-state index in [0.29, 0.717) is 5.69 Å². The number of fused-ring (bicyclic) bond motifs is 1. The number of carbonyl (C=O) groups excluding carboxylic acids is 1. The van der Waals surface area contributed by atoms with Gasteiger partial charge in [-0.15, -0.1) is 0 Å². The highest BCUT2D eigenvalue weighted by Gasteiger charge is 2.33. The molecular weight excluding hydrogens is 318 g/mol. The molecule has 2 heterocycles. The molecule has 104 valence electrons. The zero-order chi connectivity index (χ0) is 14.4. The van der Waals surface area contributed by atoms with E-state index < -0.39 is 0 Å². The Hall–Kier alpha value is -1.62. The first-order chi connectivity index (χ1) is 9.50. The highest BCUT2D eigenvalue weighted by molar-refractivity contribution is 9.10. The van der Waals surface area contributed by atoms with Crippen molar-refractivity contribution in [2.75, 3.05) is 4.90 Å². The van der Waals surface area contributed by atoms with Crippen LogP contribution in [0.3, 0.4) is 0 Å². The number of rotatable bonds is 1. The van der Waals surface area contributed by atoms with Gasteiger partial charge in [0.1, 0.15) is 0 Å². The van der Waals surface area contributed by atoms with Gasteiger partial charge in [0.25, 0.3) is 5.91 Å². The third-order valence-corrected chi connectivity index (χ3v) is 4.84. The minimum atomic E-state index is -0.0435. The van der Waals surface area contributed by atoms with Crippen LogP contribution in [-0.2, 0) is 13.5 Å². The summed E-state index contributed by atoms with van der Waals surface area (Å²) in [6, 6.07) is 8.23. The van der Waals surface area contributed by atoms with E-state index in [1.54, 1.807) is 4.68 Å². The second-order valence-electron chi connectivity index (χ2n) is 5.23. The van der Waals surface area contributed by atoms with Crippen LogP contribution in [0.5, 0.6) is 0 Å². The van der Waals surface area contributed by atoms with Crippen molar-refractivity contribution in [2.24, 2.45) is 7.05 Å². The van der Waals surface area contributed by atoms with E-state index in [2.05, 4.69) is 34.0 Å². The molecule has 0 saturated carbocycles. The number of aromatic nitrogens is 2. The van der Waals surface area contributed by atoms with Crippen molar-refractivity contribution in [3.8, 4) is 0 Å². The van der Waals surface area contributed by atoms with E-state index in [1.165, 1.54) is 5.56 Å². The molecule has 0 fully saturated rings. The molecule has 1 aliphatic rings. The van der Waals surface area contributed by atoms with E-state index in [1.807, 2.05) is 37.1 Å². The van der Waals surface area contributed by atoms with Gasteiger partial charge in [-0.05, 0) is 47.8 Å². The molecule has 0 aliphatic carbocycles. The van der Waals surface area contributed by atoms with E-state index in [9.17, 15) is 4.79 Å². The summed E-state index contributed by atoms with van der Waals surface area (Å²) in [6.45, 7) is 4.01. The summed E-state index contributed by atoms with van der Waals surface area (Å²) >= 11 is 3.48. The molecule has 5 heteroatoms. The molecular formula is C15H16BrN3O. The summed E-state index contributed by atoms with van der Waals surface area (Å²) in [5.74, 6) is -0.0435. The summed E-state index contributed by atoms with van der Waals surface area (Å²) in [7, 11) is 1.85. The largest absolute Gasteiger partial charge is 0.304 e. The molecule has 0 spiro atoms. The molecule has 0 saturated heterocycles. The van der Waals surface area contributed by atoms with Crippen molar-refractivity contribution in [1.29, 1.82) is 0 Å². The smallest absolute Gasteiger partial charge is 0.280 e. The van der Waals surface area contributed by atoms with Gasteiger partial charge in [0.05, 0.1) is 10.2 Å². The van der Waals surface area contributed by atoms with Gasteiger partial charge in [0.15, 0.2) is 5.69 Å². The van der Waals surface area contributed by atoms with Crippen LogP contribution >= 0.6 is 15.9 Å². The lowest BCUT2D eigenvalue weighted by molar-refractivity contribution is 0.0975. The second kappa shape index (κ2) is 4.74. The van der Waals surface area contributed by atoms with Crippen LogP contribution in [0.25, 0.3) is 0 Å². The summed E-state index contributed by atoms with van der Waals surface area (Å²) < 4.78 is 2.51. The summed E-state index contributed by atoms with van der Waals surface area (Å²) in [5, 5.41) is 4.34. The van der Waals surface area contributed by atoms with Gasteiger partial charge in [-0.2, -0.15) is 5.10 Å². The number of halogens is 1. The van der Waals surface area contributed by atoms with Gasteiger partial charge in [-0.25, -0.2) is 0 Å². The summed E-state index contributed by atoms with van der Waals surface area (Å²) in [4.78, 5) is 14.7. The van der Waals surface area contributed by atoms with Crippen molar-refractivity contribution in [2.45, 2.75) is 26.3 Å². The van der Waals surface area contributed by atoms with Gasteiger partial charge >= 0.3 is 0 Å². The number of anilines is 1. The first kappa shape index (κ1) is 13.4. The zero-order valence-electron chi connectivity index (χ0n) is 11.7.